The third-order valence-electron chi connectivity index (χ3n) is 2.33. The molecule has 0 aliphatic carbocycles. The van der Waals surface area contributed by atoms with Crippen LogP contribution in [0.5, 0.6) is 0 Å². The van der Waals surface area contributed by atoms with Crippen LogP contribution < -0.4 is 5.32 Å². The summed E-state index contributed by atoms with van der Waals surface area (Å²) in [5.41, 5.74) is 1.05. The van der Waals surface area contributed by atoms with Gasteiger partial charge < -0.3 is 5.32 Å². The van der Waals surface area contributed by atoms with E-state index in [1.165, 1.54) is 12.8 Å². The highest BCUT2D eigenvalue weighted by atomic mass is 32.2. The summed E-state index contributed by atoms with van der Waals surface area (Å²) in [6.45, 7) is 4.27. The van der Waals surface area contributed by atoms with Crippen LogP contribution in [0.1, 0.15) is 18.5 Å². The molecular weight excluding hydrogens is 194 g/mol. The number of aromatic nitrogens is 2. The fourth-order valence-electron chi connectivity index (χ4n) is 1.55. The van der Waals surface area contributed by atoms with E-state index in [1.54, 1.807) is 0 Å². The molecule has 76 valence electrons. The summed E-state index contributed by atoms with van der Waals surface area (Å²) in [5.74, 6) is 0. The van der Waals surface area contributed by atoms with Crippen molar-refractivity contribution in [2.24, 2.45) is 0 Å². The van der Waals surface area contributed by atoms with E-state index in [-0.39, 0.29) is 0 Å². The first-order valence-corrected chi connectivity index (χ1v) is 5.89. The average Bonchev–Trinajstić information content (AvgIpc) is 2.19. The van der Waals surface area contributed by atoms with Crippen LogP contribution in [0, 0.1) is 6.92 Å². The molecule has 1 fully saturated rings. The monoisotopic (exact) mass is 209 g/mol. The summed E-state index contributed by atoms with van der Waals surface area (Å²) in [6, 6.07) is 1.94. The lowest BCUT2D eigenvalue weighted by molar-refractivity contribution is 0.530. The molecule has 14 heavy (non-hydrogen) atoms. The van der Waals surface area contributed by atoms with Gasteiger partial charge in [0.1, 0.15) is 0 Å². The molecule has 4 heteroatoms. The Labute approximate surface area is 88.7 Å². The zero-order valence-corrected chi connectivity index (χ0v) is 9.18. The first-order chi connectivity index (χ1) is 6.84. The minimum absolute atomic E-state index is 0.693. The first kappa shape index (κ1) is 9.93. The van der Waals surface area contributed by atoms with Gasteiger partial charge in [0, 0.05) is 17.1 Å². The van der Waals surface area contributed by atoms with Gasteiger partial charge in [0.2, 0.25) is 0 Å². The van der Waals surface area contributed by atoms with Crippen molar-refractivity contribution in [1.29, 1.82) is 0 Å². The number of nitrogens with zero attached hydrogens (tertiary/aromatic N) is 2. The van der Waals surface area contributed by atoms with Gasteiger partial charge in [-0.05, 0) is 38.9 Å². The third kappa shape index (κ3) is 2.69. The molecule has 0 unspecified atom stereocenters. The highest BCUT2D eigenvalue weighted by Gasteiger charge is 2.15. The molecule has 1 aromatic heterocycles. The van der Waals surface area contributed by atoms with E-state index in [4.69, 9.17) is 0 Å². The second-order valence-electron chi connectivity index (χ2n) is 3.55. The molecule has 0 spiro atoms. The predicted octanol–water partition coefficient (Wildman–Crippen LogP) is 1.63. The van der Waals surface area contributed by atoms with Crippen molar-refractivity contribution in [2.75, 3.05) is 13.1 Å². The summed E-state index contributed by atoms with van der Waals surface area (Å²) >= 11 is 1.82. The van der Waals surface area contributed by atoms with Crippen LogP contribution in [0.2, 0.25) is 0 Å². The summed E-state index contributed by atoms with van der Waals surface area (Å²) < 4.78 is 0. The normalized spacial score (nSPS) is 18.4. The Morgan fingerprint density at radius 2 is 2.21 bits per heavy atom. The van der Waals surface area contributed by atoms with E-state index < -0.39 is 0 Å². The number of hydrogen-bond acceptors (Lipinski definition) is 4. The van der Waals surface area contributed by atoms with Crippen molar-refractivity contribution in [2.45, 2.75) is 30.2 Å². The van der Waals surface area contributed by atoms with Gasteiger partial charge in [-0.15, -0.1) is 0 Å². The molecule has 0 radical (unpaired) electrons. The number of hydrogen-bond donors (Lipinski definition) is 1. The fraction of sp³-hybridized carbons (Fsp3) is 0.600. The molecule has 2 heterocycles. The van der Waals surface area contributed by atoms with Gasteiger partial charge in [0.25, 0.3) is 0 Å². The van der Waals surface area contributed by atoms with Gasteiger partial charge in [0.15, 0.2) is 5.16 Å². The summed E-state index contributed by atoms with van der Waals surface area (Å²) in [4.78, 5) is 8.66. The third-order valence-corrected chi connectivity index (χ3v) is 3.54. The lowest BCUT2D eigenvalue weighted by Gasteiger charge is -2.20. The van der Waals surface area contributed by atoms with E-state index in [0.717, 1.165) is 23.9 Å². The maximum Gasteiger partial charge on any atom is 0.187 e. The average molecular weight is 209 g/mol. The zero-order valence-electron chi connectivity index (χ0n) is 8.36. The second kappa shape index (κ2) is 4.75. The molecule has 0 saturated carbocycles. The molecular formula is C10H15N3S. The van der Waals surface area contributed by atoms with Crippen LogP contribution in [0.15, 0.2) is 17.4 Å². The largest absolute Gasteiger partial charge is 0.317 e. The van der Waals surface area contributed by atoms with Gasteiger partial charge in [-0.3, -0.25) is 0 Å². The molecule has 1 aliphatic heterocycles. The Balaban J connectivity index is 1.95. The number of aryl methyl sites for hydroxylation is 1. The van der Waals surface area contributed by atoms with Gasteiger partial charge in [0.05, 0.1) is 0 Å². The Bertz CT molecular complexity index is 297. The van der Waals surface area contributed by atoms with Crippen molar-refractivity contribution in [3.05, 3.63) is 18.0 Å². The molecule has 0 aromatic carbocycles. The number of nitrogens with one attached hydrogen (secondary N) is 1. The molecule has 0 bridgehead atoms. The van der Waals surface area contributed by atoms with Crippen molar-refractivity contribution >= 4 is 11.8 Å². The SMILES string of the molecule is Cc1ccnc(SC2CCNCC2)n1. The second-order valence-corrected chi connectivity index (χ2v) is 4.82. The number of thioether (sulfide) groups is 1. The van der Waals surface area contributed by atoms with E-state index in [0.29, 0.717) is 5.25 Å². The van der Waals surface area contributed by atoms with Gasteiger partial charge in [-0.25, -0.2) is 9.97 Å². The van der Waals surface area contributed by atoms with Crippen LogP contribution in [0.3, 0.4) is 0 Å². The maximum absolute atomic E-state index is 4.40. The molecule has 3 nitrogen and oxygen atoms in total. The molecule has 0 amide bonds. The Hall–Kier alpha value is -0.610. The molecule has 1 aliphatic rings. The lowest BCUT2D eigenvalue weighted by Crippen LogP contribution is -2.29. The summed E-state index contributed by atoms with van der Waals surface area (Å²) in [7, 11) is 0. The van der Waals surface area contributed by atoms with Gasteiger partial charge in [-0.2, -0.15) is 0 Å². The maximum atomic E-state index is 4.40. The predicted molar refractivity (Wildman–Crippen MR) is 58.5 cm³/mol. The van der Waals surface area contributed by atoms with E-state index >= 15 is 0 Å². The Morgan fingerprint density at radius 1 is 1.43 bits per heavy atom. The van der Waals surface area contributed by atoms with Crippen molar-refractivity contribution < 1.29 is 0 Å². The Morgan fingerprint density at radius 3 is 2.93 bits per heavy atom. The van der Waals surface area contributed by atoms with Crippen LogP contribution in [-0.4, -0.2) is 28.3 Å². The smallest absolute Gasteiger partial charge is 0.187 e. The highest BCUT2D eigenvalue weighted by Crippen LogP contribution is 2.25. The highest BCUT2D eigenvalue weighted by molar-refractivity contribution is 7.99. The first-order valence-electron chi connectivity index (χ1n) is 5.01. The van der Waals surface area contributed by atoms with Gasteiger partial charge >= 0.3 is 0 Å². The van der Waals surface area contributed by atoms with Crippen LogP contribution in [0.4, 0.5) is 0 Å². The topological polar surface area (TPSA) is 37.8 Å². The summed E-state index contributed by atoms with van der Waals surface area (Å²) in [6.07, 6.45) is 4.29. The van der Waals surface area contributed by atoms with Crippen molar-refractivity contribution in [3.8, 4) is 0 Å². The minimum atomic E-state index is 0.693. The molecule has 1 aromatic rings. The van der Waals surface area contributed by atoms with Gasteiger partial charge in [-0.1, -0.05) is 11.8 Å². The molecule has 2 rings (SSSR count). The van der Waals surface area contributed by atoms with E-state index in [1.807, 2.05) is 30.9 Å². The minimum Gasteiger partial charge on any atom is -0.317 e. The van der Waals surface area contributed by atoms with E-state index in [9.17, 15) is 0 Å². The number of piperidine rings is 1. The molecule has 1 N–H and O–H groups in total. The van der Waals surface area contributed by atoms with Crippen LogP contribution >= 0.6 is 11.8 Å². The molecule has 1 saturated heterocycles. The quantitative estimate of drug-likeness (QED) is 0.751. The van der Waals surface area contributed by atoms with Crippen molar-refractivity contribution in [3.63, 3.8) is 0 Å². The standard InChI is InChI=1S/C10H15N3S/c1-8-2-7-12-10(13-8)14-9-3-5-11-6-4-9/h2,7,9,11H,3-6H2,1H3. The van der Waals surface area contributed by atoms with Crippen LogP contribution in [-0.2, 0) is 0 Å². The van der Waals surface area contributed by atoms with Crippen LogP contribution in [0.25, 0.3) is 0 Å². The number of rotatable bonds is 2. The Kier molecular flexibility index (Phi) is 3.37. The van der Waals surface area contributed by atoms with Crippen molar-refractivity contribution in [1.82, 2.24) is 15.3 Å². The van der Waals surface area contributed by atoms with E-state index in [2.05, 4.69) is 15.3 Å². The summed E-state index contributed by atoms with van der Waals surface area (Å²) in [5, 5.41) is 4.98. The fourth-order valence-corrected chi connectivity index (χ4v) is 2.63. The lowest BCUT2D eigenvalue weighted by atomic mass is 10.2. The molecule has 0 atom stereocenters. The zero-order chi connectivity index (χ0) is 9.80.